The lowest BCUT2D eigenvalue weighted by molar-refractivity contribution is -0.138. The molecule has 1 aromatic heterocycles. The Morgan fingerprint density at radius 1 is 1.10 bits per heavy atom. The number of ether oxygens (including phenoxy) is 1. The topological polar surface area (TPSA) is 64.3 Å². The lowest BCUT2D eigenvalue weighted by Gasteiger charge is -2.37. The lowest BCUT2D eigenvalue weighted by Crippen LogP contribution is -2.40. The molecule has 0 amide bonds. The zero-order valence-electron chi connectivity index (χ0n) is 16.4. The van der Waals surface area contributed by atoms with Crippen molar-refractivity contribution in [2.45, 2.75) is 18.6 Å². The molecule has 5 nitrogen and oxygen atoms in total. The average Bonchev–Trinajstić information content (AvgIpc) is 2.76. The van der Waals surface area contributed by atoms with E-state index in [0.717, 1.165) is 17.7 Å². The number of benzene rings is 2. The van der Waals surface area contributed by atoms with Crippen molar-refractivity contribution < 1.29 is 22.3 Å². The van der Waals surface area contributed by atoms with E-state index in [-0.39, 0.29) is 24.0 Å². The molecule has 1 fully saturated rings. The summed E-state index contributed by atoms with van der Waals surface area (Å²) in [6, 6.07) is 12.1. The molecule has 9 heteroatoms. The Hall–Kier alpha value is -3.20. The maximum Gasteiger partial charge on any atom is 0.416 e. The van der Waals surface area contributed by atoms with Gasteiger partial charge < -0.3 is 15.4 Å². The standard InChI is InChI=1S/C22H20F4N4O/c23-17-7-6-15(18(11-17)22(24,25)26)10-16-12-28-21(27)29-20(16)30-8-9-31-13-19(30)14-4-2-1-3-5-14/h1-7,11-12,19H,8-10,13H2,(H2,27,28,29)/t19-/m1/s1. The quantitative estimate of drug-likeness (QED) is 0.620. The van der Waals surface area contributed by atoms with E-state index in [1.165, 1.54) is 6.20 Å². The highest BCUT2D eigenvalue weighted by molar-refractivity contribution is 5.53. The molecule has 0 aliphatic carbocycles. The summed E-state index contributed by atoms with van der Waals surface area (Å²) >= 11 is 0. The number of rotatable bonds is 4. The van der Waals surface area contributed by atoms with Gasteiger partial charge in [-0.1, -0.05) is 36.4 Å². The number of nitrogen functional groups attached to an aromatic ring is 1. The number of anilines is 2. The van der Waals surface area contributed by atoms with E-state index in [9.17, 15) is 17.6 Å². The van der Waals surface area contributed by atoms with Crippen LogP contribution in [0.2, 0.25) is 0 Å². The first-order valence-electron chi connectivity index (χ1n) is 9.69. The van der Waals surface area contributed by atoms with E-state index in [2.05, 4.69) is 9.97 Å². The van der Waals surface area contributed by atoms with Crippen molar-refractivity contribution in [3.05, 3.63) is 82.8 Å². The minimum Gasteiger partial charge on any atom is -0.377 e. The number of nitrogens with zero attached hydrogens (tertiary/aromatic N) is 3. The third-order valence-corrected chi connectivity index (χ3v) is 5.20. The van der Waals surface area contributed by atoms with Crippen LogP contribution in [0.1, 0.15) is 28.3 Å². The van der Waals surface area contributed by atoms with E-state index in [0.29, 0.717) is 37.2 Å². The summed E-state index contributed by atoms with van der Waals surface area (Å²) in [5.74, 6) is -0.475. The molecule has 4 rings (SSSR count). The maximum absolute atomic E-state index is 13.5. The summed E-state index contributed by atoms with van der Waals surface area (Å²) in [5, 5.41) is 0. The SMILES string of the molecule is Nc1ncc(Cc2ccc(F)cc2C(F)(F)F)c(N2CCOC[C@@H]2c2ccccc2)n1. The fraction of sp³-hybridized carbons (Fsp3) is 0.273. The second-order valence-corrected chi connectivity index (χ2v) is 7.25. The van der Waals surface area contributed by atoms with Crippen LogP contribution in [-0.2, 0) is 17.3 Å². The van der Waals surface area contributed by atoms with Crippen LogP contribution in [0.15, 0.2) is 54.7 Å². The molecule has 2 N–H and O–H groups in total. The predicted molar refractivity (Wildman–Crippen MR) is 108 cm³/mol. The van der Waals surface area contributed by atoms with Crippen LogP contribution >= 0.6 is 0 Å². The summed E-state index contributed by atoms with van der Waals surface area (Å²) in [6.07, 6.45) is -3.37. The monoisotopic (exact) mass is 432 g/mol. The molecule has 31 heavy (non-hydrogen) atoms. The van der Waals surface area contributed by atoms with E-state index in [1.807, 2.05) is 35.2 Å². The van der Waals surface area contributed by atoms with E-state index in [4.69, 9.17) is 10.5 Å². The predicted octanol–water partition coefficient (Wildman–Crippen LogP) is 4.39. The van der Waals surface area contributed by atoms with Crippen LogP contribution in [0, 0.1) is 5.82 Å². The fourth-order valence-corrected chi connectivity index (χ4v) is 3.76. The number of aromatic nitrogens is 2. The van der Waals surface area contributed by atoms with Crippen LogP contribution in [-0.4, -0.2) is 29.7 Å². The first kappa shape index (κ1) is 21.0. The molecule has 0 bridgehead atoms. The smallest absolute Gasteiger partial charge is 0.377 e. The van der Waals surface area contributed by atoms with Crippen molar-refractivity contribution in [1.29, 1.82) is 0 Å². The zero-order valence-corrected chi connectivity index (χ0v) is 16.4. The Kier molecular flexibility index (Phi) is 5.77. The van der Waals surface area contributed by atoms with Crippen molar-refractivity contribution in [3.63, 3.8) is 0 Å². The van der Waals surface area contributed by atoms with E-state index < -0.39 is 17.6 Å². The average molecular weight is 432 g/mol. The van der Waals surface area contributed by atoms with Gasteiger partial charge in [-0.3, -0.25) is 0 Å². The van der Waals surface area contributed by atoms with Gasteiger partial charge in [-0.05, 0) is 23.3 Å². The Labute approximate surface area is 176 Å². The minimum atomic E-state index is -4.68. The molecular formula is C22H20F4N4O. The van der Waals surface area contributed by atoms with Gasteiger partial charge in [0.25, 0.3) is 0 Å². The van der Waals surface area contributed by atoms with Crippen molar-refractivity contribution >= 4 is 11.8 Å². The van der Waals surface area contributed by atoms with Gasteiger partial charge in [0.1, 0.15) is 11.6 Å². The van der Waals surface area contributed by atoms with E-state index >= 15 is 0 Å². The molecule has 1 atom stereocenters. The Morgan fingerprint density at radius 3 is 2.61 bits per heavy atom. The molecule has 0 unspecified atom stereocenters. The molecule has 0 saturated carbocycles. The normalized spacial score (nSPS) is 17.0. The third kappa shape index (κ3) is 4.61. The van der Waals surface area contributed by atoms with Crippen LogP contribution in [0.25, 0.3) is 0 Å². The maximum atomic E-state index is 13.5. The molecule has 162 valence electrons. The fourth-order valence-electron chi connectivity index (χ4n) is 3.76. The molecule has 1 aliphatic rings. The molecule has 0 radical (unpaired) electrons. The minimum absolute atomic E-state index is 0.0206. The Balaban J connectivity index is 1.75. The highest BCUT2D eigenvalue weighted by Crippen LogP contribution is 2.36. The van der Waals surface area contributed by atoms with Crippen LogP contribution in [0.5, 0.6) is 0 Å². The Morgan fingerprint density at radius 2 is 1.87 bits per heavy atom. The van der Waals surface area contributed by atoms with Gasteiger partial charge in [-0.15, -0.1) is 0 Å². The van der Waals surface area contributed by atoms with Crippen LogP contribution < -0.4 is 10.6 Å². The second kappa shape index (κ2) is 8.50. The summed E-state index contributed by atoms with van der Waals surface area (Å²) in [6.45, 7) is 1.33. The lowest BCUT2D eigenvalue weighted by atomic mass is 9.99. The molecule has 1 saturated heterocycles. The number of halogens is 4. The van der Waals surface area contributed by atoms with Crippen LogP contribution in [0.4, 0.5) is 29.3 Å². The summed E-state index contributed by atoms with van der Waals surface area (Å²) in [4.78, 5) is 10.3. The number of morpholine rings is 1. The van der Waals surface area contributed by atoms with Gasteiger partial charge in [0.2, 0.25) is 5.95 Å². The van der Waals surface area contributed by atoms with Crippen molar-refractivity contribution in [2.75, 3.05) is 30.4 Å². The van der Waals surface area contributed by atoms with Gasteiger partial charge >= 0.3 is 6.18 Å². The molecule has 3 aromatic rings. The molecular weight excluding hydrogens is 412 g/mol. The number of hydrogen-bond acceptors (Lipinski definition) is 5. The Bertz CT molecular complexity index is 1060. The zero-order chi connectivity index (χ0) is 22.0. The highest BCUT2D eigenvalue weighted by Gasteiger charge is 2.34. The van der Waals surface area contributed by atoms with Crippen molar-refractivity contribution in [1.82, 2.24) is 9.97 Å². The van der Waals surface area contributed by atoms with Crippen molar-refractivity contribution in [3.8, 4) is 0 Å². The number of alkyl halides is 3. The van der Waals surface area contributed by atoms with Gasteiger partial charge in [0, 0.05) is 24.7 Å². The number of nitrogens with two attached hydrogens (primary N) is 1. The summed E-state index contributed by atoms with van der Waals surface area (Å²) < 4.78 is 59.6. The molecule has 2 aromatic carbocycles. The molecule has 1 aliphatic heterocycles. The molecule has 0 spiro atoms. The summed E-state index contributed by atoms with van der Waals surface area (Å²) in [5.41, 5.74) is 6.20. The van der Waals surface area contributed by atoms with Crippen LogP contribution in [0.3, 0.4) is 0 Å². The molecule has 2 heterocycles. The largest absolute Gasteiger partial charge is 0.416 e. The first-order chi connectivity index (χ1) is 14.8. The van der Waals surface area contributed by atoms with Crippen molar-refractivity contribution in [2.24, 2.45) is 0 Å². The van der Waals surface area contributed by atoms with Gasteiger partial charge in [-0.25, -0.2) is 9.37 Å². The van der Waals surface area contributed by atoms with Gasteiger partial charge in [0.15, 0.2) is 0 Å². The highest BCUT2D eigenvalue weighted by atomic mass is 19.4. The second-order valence-electron chi connectivity index (χ2n) is 7.25. The third-order valence-electron chi connectivity index (χ3n) is 5.20. The number of hydrogen-bond donors (Lipinski definition) is 1. The van der Waals surface area contributed by atoms with Gasteiger partial charge in [0.05, 0.1) is 24.8 Å². The summed E-state index contributed by atoms with van der Waals surface area (Å²) in [7, 11) is 0. The van der Waals surface area contributed by atoms with E-state index in [1.54, 1.807) is 0 Å². The van der Waals surface area contributed by atoms with Gasteiger partial charge in [-0.2, -0.15) is 18.2 Å². The first-order valence-corrected chi connectivity index (χ1v) is 9.69.